The zero-order valence-corrected chi connectivity index (χ0v) is 21.3. The molecule has 0 radical (unpaired) electrons. The van der Waals surface area contributed by atoms with Crippen molar-refractivity contribution in [2.24, 2.45) is 0 Å². The molecule has 2 amide bonds. The summed E-state index contributed by atoms with van der Waals surface area (Å²) < 4.78 is 7.52. The van der Waals surface area contributed by atoms with Crippen molar-refractivity contribution in [3.63, 3.8) is 0 Å². The predicted molar refractivity (Wildman–Crippen MR) is 138 cm³/mol. The van der Waals surface area contributed by atoms with E-state index in [4.69, 9.17) is 4.74 Å². The molecule has 2 aromatic heterocycles. The third-order valence-corrected chi connectivity index (χ3v) is 8.49. The van der Waals surface area contributed by atoms with E-state index in [-0.39, 0.29) is 12.1 Å². The highest BCUT2D eigenvalue weighted by Gasteiger charge is 2.35. The maximum Gasteiger partial charge on any atom is 0.318 e. The summed E-state index contributed by atoms with van der Waals surface area (Å²) in [5, 5.41) is 4.47. The molecule has 1 atom stereocenters. The Balaban J connectivity index is 1.58. The van der Waals surface area contributed by atoms with Crippen LogP contribution in [0.1, 0.15) is 77.9 Å². The number of hydrogen-bond acceptors (Lipinski definition) is 3. The molecule has 3 aromatic rings. The van der Waals surface area contributed by atoms with E-state index in [1.807, 2.05) is 11.3 Å². The van der Waals surface area contributed by atoms with Gasteiger partial charge in [-0.25, -0.2) is 4.79 Å². The maximum absolute atomic E-state index is 13.7. The number of carbonyl (C=O) groups excluding carboxylic acids is 1. The molecular formula is C28H35N3O2S. The van der Waals surface area contributed by atoms with Crippen molar-refractivity contribution in [3.8, 4) is 5.00 Å². The smallest absolute Gasteiger partial charge is 0.318 e. The van der Waals surface area contributed by atoms with Crippen LogP contribution >= 0.6 is 11.3 Å². The van der Waals surface area contributed by atoms with Crippen LogP contribution in [-0.2, 0) is 24.1 Å². The molecule has 34 heavy (non-hydrogen) atoms. The first-order chi connectivity index (χ1) is 16.6. The molecule has 0 saturated carbocycles. The standard InChI is InChI=1S/C28H35N3O2S/c1-19(2)20-11-13-21(14-12-20)26-24-9-6-16-30(24)27-23(22-8-4-5-10-25(22)34-27)18-31(26)28(32)29-15-7-17-33-3/h6,9,11-14,16,19,26H,4-5,7-8,10,15,17-18H2,1-3H3,(H,29,32). The SMILES string of the molecule is COCCCNC(=O)N1Cc2c(sc3c2CCCC3)-n2cccc2C1c1ccc(C(C)C)cc1. The van der Waals surface area contributed by atoms with Gasteiger partial charge in [-0.1, -0.05) is 38.1 Å². The first-order valence-corrected chi connectivity index (χ1v) is 13.3. The molecule has 5 rings (SSSR count). The molecule has 0 bridgehead atoms. The highest BCUT2D eigenvalue weighted by molar-refractivity contribution is 7.15. The lowest BCUT2D eigenvalue weighted by Gasteiger charge is -2.31. The third-order valence-electron chi connectivity index (χ3n) is 7.16. The summed E-state index contributed by atoms with van der Waals surface area (Å²) in [6, 6.07) is 13.0. The van der Waals surface area contributed by atoms with Crippen molar-refractivity contribution in [3.05, 3.63) is 75.4 Å². The number of thiophene rings is 1. The number of aryl methyl sites for hydroxylation is 1. The first-order valence-electron chi connectivity index (χ1n) is 12.5. The van der Waals surface area contributed by atoms with Crippen LogP contribution in [0.2, 0.25) is 0 Å². The van der Waals surface area contributed by atoms with Crippen molar-refractivity contribution in [1.29, 1.82) is 0 Å². The minimum atomic E-state index is -0.141. The van der Waals surface area contributed by atoms with E-state index in [2.05, 4.69) is 71.2 Å². The molecule has 1 aliphatic heterocycles. The fourth-order valence-corrected chi connectivity index (χ4v) is 6.72. The molecule has 1 unspecified atom stereocenters. The Morgan fingerprint density at radius 1 is 1.15 bits per heavy atom. The minimum Gasteiger partial charge on any atom is -0.385 e. The minimum absolute atomic E-state index is 0.00889. The number of nitrogens with zero attached hydrogens (tertiary/aromatic N) is 2. The fourth-order valence-electron chi connectivity index (χ4n) is 5.31. The zero-order valence-electron chi connectivity index (χ0n) is 20.5. The number of urea groups is 1. The first kappa shape index (κ1) is 23.2. The number of rotatable bonds is 6. The molecule has 0 saturated heterocycles. The Morgan fingerprint density at radius 2 is 1.94 bits per heavy atom. The molecule has 1 N–H and O–H groups in total. The molecule has 3 heterocycles. The van der Waals surface area contributed by atoms with Crippen LogP contribution in [0, 0.1) is 0 Å². The summed E-state index contributed by atoms with van der Waals surface area (Å²) in [5.74, 6) is 0.478. The van der Waals surface area contributed by atoms with E-state index in [1.54, 1.807) is 7.11 Å². The van der Waals surface area contributed by atoms with Crippen molar-refractivity contribution in [2.45, 2.75) is 64.5 Å². The highest BCUT2D eigenvalue weighted by Crippen LogP contribution is 2.44. The molecule has 0 fully saturated rings. The Labute approximate surface area is 206 Å². The fraction of sp³-hybridized carbons (Fsp3) is 0.464. The summed E-state index contributed by atoms with van der Waals surface area (Å²) >= 11 is 1.93. The summed E-state index contributed by atoms with van der Waals surface area (Å²) in [4.78, 5) is 17.2. The number of hydrogen-bond donors (Lipinski definition) is 1. The summed E-state index contributed by atoms with van der Waals surface area (Å²) in [7, 11) is 1.70. The Morgan fingerprint density at radius 3 is 2.71 bits per heavy atom. The Kier molecular flexibility index (Phi) is 6.79. The van der Waals surface area contributed by atoms with E-state index in [0.717, 1.165) is 30.5 Å². The topological polar surface area (TPSA) is 46.5 Å². The van der Waals surface area contributed by atoms with E-state index in [9.17, 15) is 4.79 Å². The number of fused-ring (bicyclic) bond motifs is 5. The highest BCUT2D eigenvalue weighted by atomic mass is 32.1. The normalized spacial score (nSPS) is 17.2. The molecule has 180 valence electrons. The zero-order chi connectivity index (χ0) is 23.7. The molecule has 1 aromatic carbocycles. The summed E-state index contributed by atoms with van der Waals surface area (Å²) in [6.45, 7) is 6.32. The van der Waals surface area contributed by atoms with Crippen LogP contribution < -0.4 is 5.32 Å². The van der Waals surface area contributed by atoms with Gasteiger partial charge in [-0.05, 0) is 66.8 Å². The molecule has 0 spiro atoms. The van der Waals surface area contributed by atoms with Gasteiger partial charge in [0.2, 0.25) is 0 Å². The number of nitrogens with one attached hydrogen (secondary N) is 1. The predicted octanol–water partition coefficient (Wildman–Crippen LogP) is 6.19. The lowest BCUT2D eigenvalue weighted by atomic mass is 9.94. The van der Waals surface area contributed by atoms with E-state index in [0.29, 0.717) is 25.6 Å². The number of amides is 2. The van der Waals surface area contributed by atoms with E-state index >= 15 is 0 Å². The molecule has 5 nitrogen and oxygen atoms in total. The lowest BCUT2D eigenvalue weighted by molar-refractivity contribution is 0.174. The van der Waals surface area contributed by atoms with Crippen molar-refractivity contribution in [2.75, 3.05) is 20.3 Å². The number of carbonyl (C=O) groups is 1. The second-order valence-electron chi connectivity index (χ2n) is 9.73. The van der Waals surface area contributed by atoms with Gasteiger partial charge < -0.3 is 19.5 Å². The third kappa shape index (κ3) is 4.29. The Bertz CT molecular complexity index is 1150. The van der Waals surface area contributed by atoms with Gasteiger partial charge in [-0.15, -0.1) is 11.3 Å². The van der Waals surface area contributed by atoms with Crippen molar-refractivity contribution in [1.82, 2.24) is 14.8 Å². The van der Waals surface area contributed by atoms with E-state index < -0.39 is 0 Å². The second-order valence-corrected chi connectivity index (χ2v) is 10.8. The lowest BCUT2D eigenvalue weighted by Crippen LogP contribution is -2.42. The quantitative estimate of drug-likeness (QED) is 0.430. The van der Waals surface area contributed by atoms with Gasteiger partial charge >= 0.3 is 6.03 Å². The van der Waals surface area contributed by atoms with Gasteiger partial charge in [0.05, 0.1) is 18.3 Å². The maximum atomic E-state index is 13.7. The number of ether oxygens (including phenoxy) is 1. The van der Waals surface area contributed by atoms with Crippen LogP contribution in [0.5, 0.6) is 0 Å². The van der Waals surface area contributed by atoms with Crippen molar-refractivity contribution >= 4 is 17.4 Å². The monoisotopic (exact) mass is 477 g/mol. The van der Waals surface area contributed by atoms with Crippen LogP contribution in [0.25, 0.3) is 5.00 Å². The van der Waals surface area contributed by atoms with Crippen LogP contribution in [0.4, 0.5) is 4.79 Å². The summed E-state index contributed by atoms with van der Waals surface area (Å²) in [5.41, 5.74) is 6.45. The Hall–Kier alpha value is -2.57. The van der Waals surface area contributed by atoms with Gasteiger partial charge in [0.25, 0.3) is 0 Å². The van der Waals surface area contributed by atoms with E-state index in [1.165, 1.54) is 39.4 Å². The average molecular weight is 478 g/mol. The second kappa shape index (κ2) is 9.96. The number of benzene rings is 1. The van der Waals surface area contributed by atoms with Crippen LogP contribution in [-0.4, -0.2) is 35.8 Å². The average Bonchev–Trinajstić information content (AvgIpc) is 3.43. The molecule has 1 aliphatic carbocycles. The van der Waals surface area contributed by atoms with Gasteiger partial charge in [-0.2, -0.15) is 0 Å². The van der Waals surface area contributed by atoms with Crippen LogP contribution in [0.3, 0.4) is 0 Å². The van der Waals surface area contributed by atoms with Crippen LogP contribution in [0.15, 0.2) is 42.6 Å². The largest absolute Gasteiger partial charge is 0.385 e. The molecule has 6 heteroatoms. The number of methoxy groups -OCH3 is 1. The summed E-state index contributed by atoms with van der Waals surface area (Å²) in [6.07, 6.45) is 7.75. The van der Waals surface area contributed by atoms with Gasteiger partial charge in [0.1, 0.15) is 5.00 Å². The number of aromatic nitrogens is 1. The molecule has 2 aliphatic rings. The van der Waals surface area contributed by atoms with Gasteiger partial charge in [-0.3, -0.25) is 0 Å². The van der Waals surface area contributed by atoms with Gasteiger partial charge in [0.15, 0.2) is 0 Å². The molecular weight excluding hydrogens is 442 g/mol. The van der Waals surface area contributed by atoms with Crippen molar-refractivity contribution < 1.29 is 9.53 Å². The van der Waals surface area contributed by atoms with Gasteiger partial charge in [0, 0.05) is 36.9 Å².